The Morgan fingerprint density at radius 2 is 0.893 bits per heavy atom. The summed E-state index contributed by atoms with van der Waals surface area (Å²) in [6.07, 6.45) is 5.64. The molecule has 4 rings (SSSR count). The van der Waals surface area contributed by atoms with Crippen LogP contribution in [0.3, 0.4) is 0 Å². The van der Waals surface area contributed by atoms with E-state index in [2.05, 4.69) is 9.47 Å². The number of carboxylic acid groups (broad SMARTS) is 2. The quantitative estimate of drug-likeness (QED) is 0.689. The molecule has 8 atom stereocenters. The lowest BCUT2D eigenvalue weighted by Crippen LogP contribution is -2.35. The van der Waals surface area contributed by atoms with Crippen molar-refractivity contribution >= 4 is 23.9 Å². The Morgan fingerprint density at radius 3 is 1.14 bits per heavy atom. The Morgan fingerprint density at radius 1 is 0.607 bits per heavy atom. The van der Waals surface area contributed by atoms with Gasteiger partial charge >= 0.3 is 23.9 Å². The summed E-state index contributed by atoms with van der Waals surface area (Å²) in [5, 5.41) is 18.1. The second kappa shape index (κ2) is 8.09. The highest BCUT2D eigenvalue weighted by Gasteiger charge is 2.55. The molecule has 4 aliphatic carbocycles. The fraction of sp³-hybridized carbons (Fsp3) is 0.800. The van der Waals surface area contributed by atoms with Gasteiger partial charge in [-0.1, -0.05) is 0 Å². The summed E-state index contributed by atoms with van der Waals surface area (Å²) in [5.41, 5.74) is 0. The number of fused-ring (bicyclic) bond motifs is 4. The minimum atomic E-state index is -0.840. The van der Waals surface area contributed by atoms with Gasteiger partial charge < -0.3 is 19.7 Å². The molecule has 0 spiro atoms. The minimum absolute atomic E-state index is 0.196. The molecule has 8 heteroatoms. The van der Waals surface area contributed by atoms with Crippen molar-refractivity contribution in [2.45, 2.75) is 38.5 Å². The van der Waals surface area contributed by atoms with Crippen LogP contribution in [0.2, 0.25) is 0 Å². The summed E-state index contributed by atoms with van der Waals surface area (Å²) in [6.45, 7) is 0. The van der Waals surface area contributed by atoms with E-state index in [0.29, 0.717) is 0 Å². The van der Waals surface area contributed by atoms with Crippen molar-refractivity contribution in [3.63, 3.8) is 0 Å². The summed E-state index contributed by atoms with van der Waals surface area (Å²) >= 11 is 0. The summed E-state index contributed by atoms with van der Waals surface area (Å²) in [5.74, 6) is -3.27. The highest BCUT2D eigenvalue weighted by molar-refractivity contribution is 5.83. The first-order valence-corrected chi connectivity index (χ1v) is 9.91. The highest BCUT2D eigenvalue weighted by atomic mass is 16.5. The molecule has 156 valence electrons. The van der Waals surface area contributed by atoms with Crippen molar-refractivity contribution in [1.82, 2.24) is 0 Å². The van der Waals surface area contributed by atoms with Crippen molar-refractivity contribution in [3.05, 3.63) is 0 Å². The van der Waals surface area contributed by atoms with Gasteiger partial charge in [-0.3, -0.25) is 19.2 Å². The van der Waals surface area contributed by atoms with Gasteiger partial charge in [0.05, 0.1) is 37.9 Å². The van der Waals surface area contributed by atoms with Crippen LogP contribution in [0.15, 0.2) is 0 Å². The topological polar surface area (TPSA) is 127 Å². The van der Waals surface area contributed by atoms with Crippen LogP contribution in [0.1, 0.15) is 38.5 Å². The van der Waals surface area contributed by atoms with Crippen molar-refractivity contribution in [1.29, 1.82) is 0 Å². The van der Waals surface area contributed by atoms with E-state index in [9.17, 15) is 19.2 Å². The Labute approximate surface area is 163 Å². The molecule has 0 amide bonds. The number of methoxy groups -OCH3 is 2. The Kier molecular flexibility index (Phi) is 5.95. The predicted molar refractivity (Wildman–Crippen MR) is 94.9 cm³/mol. The maximum absolute atomic E-state index is 11.4. The average molecular weight is 396 g/mol. The molecule has 0 unspecified atom stereocenters. The van der Waals surface area contributed by atoms with Gasteiger partial charge in [0.1, 0.15) is 0 Å². The van der Waals surface area contributed by atoms with E-state index in [1.807, 2.05) is 0 Å². The smallest absolute Gasteiger partial charge is 0.309 e. The van der Waals surface area contributed by atoms with Gasteiger partial charge in [-0.15, -0.1) is 0 Å². The summed E-state index contributed by atoms with van der Waals surface area (Å²) in [7, 11) is 2.65. The van der Waals surface area contributed by atoms with Crippen LogP contribution < -0.4 is 0 Å². The van der Waals surface area contributed by atoms with E-state index in [4.69, 9.17) is 10.2 Å². The number of rotatable bonds is 4. The molecular formula is C20H28O8. The second-order valence-electron chi connectivity index (χ2n) is 8.49. The van der Waals surface area contributed by atoms with E-state index >= 15 is 0 Å². The van der Waals surface area contributed by atoms with E-state index in [-0.39, 0.29) is 35.6 Å². The third-order valence-electron chi connectivity index (χ3n) is 7.35. The van der Waals surface area contributed by atoms with E-state index in [1.165, 1.54) is 14.2 Å². The van der Waals surface area contributed by atoms with Crippen LogP contribution in [0.4, 0.5) is 0 Å². The highest BCUT2D eigenvalue weighted by Crippen LogP contribution is 2.53. The van der Waals surface area contributed by atoms with Crippen molar-refractivity contribution in [2.24, 2.45) is 47.3 Å². The first-order chi connectivity index (χ1) is 13.3. The molecule has 4 fully saturated rings. The Hall–Kier alpha value is -2.12. The average Bonchev–Trinajstić information content (AvgIpc) is 3.45. The number of ether oxygens (including phenoxy) is 2. The van der Waals surface area contributed by atoms with Crippen molar-refractivity contribution < 1.29 is 38.9 Å². The lowest BCUT2D eigenvalue weighted by atomic mass is 9.79. The molecule has 0 aliphatic heterocycles. The van der Waals surface area contributed by atoms with Gasteiger partial charge in [0.15, 0.2) is 0 Å². The molecule has 0 radical (unpaired) electrons. The zero-order valence-corrected chi connectivity index (χ0v) is 16.2. The maximum atomic E-state index is 11.4. The second-order valence-corrected chi connectivity index (χ2v) is 8.49. The van der Waals surface area contributed by atoms with Crippen LogP contribution in [0.5, 0.6) is 0 Å². The normalized spacial score (nSPS) is 39.8. The number of hydrogen-bond donors (Lipinski definition) is 2. The van der Waals surface area contributed by atoms with Crippen LogP contribution >= 0.6 is 0 Å². The molecular weight excluding hydrogens is 368 g/mol. The van der Waals surface area contributed by atoms with Gasteiger partial charge in [-0.2, -0.15) is 0 Å². The summed E-state index contributed by atoms with van der Waals surface area (Å²) in [4.78, 5) is 44.9. The fourth-order valence-electron chi connectivity index (χ4n) is 6.24. The molecule has 0 saturated heterocycles. The molecule has 4 saturated carbocycles. The Balaban J connectivity index is 0.000000161. The maximum Gasteiger partial charge on any atom is 0.309 e. The predicted octanol–water partition coefficient (Wildman–Crippen LogP) is 1.81. The lowest BCUT2D eigenvalue weighted by Gasteiger charge is -2.25. The van der Waals surface area contributed by atoms with Crippen molar-refractivity contribution in [2.75, 3.05) is 14.2 Å². The minimum Gasteiger partial charge on any atom is -0.481 e. The van der Waals surface area contributed by atoms with Crippen LogP contribution in [-0.4, -0.2) is 48.3 Å². The molecule has 8 nitrogen and oxygen atoms in total. The van der Waals surface area contributed by atoms with Gasteiger partial charge in [0, 0.05) is 0 Å². The molecule has 0 heterocycles. The molecule has 28 heavy (non-hydrogen) atoms. The SMILES string of the molecule is COC(=O)[C@@H]1[C@@H]2CC[C@@H](C2)[C@@H]1C(=O)O.COC(=O)[C@H]1[C@H]2CC[C@H](C2)[C@H]1C(=O)O. The number of carbonyl (C=O) groups excluding carboxylic acids is 2. The molecule has 4 aliphatic rings. The molecule has 0 aromatic rings. The number of carbonyl (C=O) groups is 4. The summed E-state index contributed by atoms with van der Waals surface area (Å²) in [6, 6.07) is 0. The monoisotopic (exact) mass is 396 g/mol. The van der Waals surface area contributed by atoms with Gasteiger partial charge in [0.25, 0.3) is 0 Å². The first kappa shape index (κ1) is 20.6. The third-order valence-corrected chi connectivity index (χ3v) is 7.35. The molecule has 4 bridgehead atoms. The lowest BCUT2D eigenvalue weighted by molar-refractivity contribution is -0.158. The fourth-order valence-corrected chi connectivity index (χ4v) is 6.24. The number of carboxylic acids is 2. The van der Waals surface area contributed by atoms with Crippen molar-refractivity contribution in [3.8, 4) is 0 Å². The number of hydrogen-bond acceptors (Lipinski definition) is 6. The summed E-state index contributed by atoms with van der Waals surface area (Å²) < 4.78 is 9.33. The third kappa shape index (κ3) is 3.49. The van der Waals surface area contributed by atoms with E-state index in [1.54, 1.807) is 0 Å². The van der Waals surface area contributed by atoms with Gasteiger partial charge in [0.2, 0.25) is 0 Å². The van der Waals surface area contributed by atoms with Crippen LogP contribution in [-0.2, 0) is 28.7 Å². The molecule has 0 aromatic heterocycles. The van der Waals surface area contributed by atoms with Gasteiger partial charge in [-0.05, 0) is 62.2 Å². The number of esters is 2. The number of aliphatic carboxylic acids is 2. The van der Waals surface area contributed by atoms with Crippen LogP contribution in [0, 0.1) is 47.3 Å². The zero-order valence-electron chi connectivity index (χ0n) is 16.2. The van der Waals surface area contributed by atoms with Gasteiger partial charge in [-0.25, -0.2) is 0 Å². The first-order valence-electron chi connectivity index (χ1n) is 9.91. The standard InChI is InChI=1S/2C10H14O4/c2*1-14-10(13)8-6-3-2-5(4-6)7(8)9(11)12/h2*5-8H,2-4H2,1H3,(H,11,12)/t2*5-,6+,7-,8+/m10/s1. The van der Waals surface area contributed by atoms with E-state index in [0.717, 1.165) is 38.5 Å². The largest absolute Gasteiger partial charge is 0.481 e. The van der Waals surface area contributed by atoms with Crippen LogP contribution in [0.25, 0.3) is 0 Å². The molecule has 0 aromatic carbocycles. The van der Waals surface area contributed by atoms with E-state index < -0.39 is 35.6 Å². The Bertz CT molecular complexity index is 603. The zero-order chi connectivity index (χ0) is 20.6. The molecule has 2 N–H and O–H groups in total.